The first kappa shape index (κ1) is 22.9. The molecule has 3 aromatic carbocycles. The lowest BCUT2D eigenvalue weighted by Gasteiger charge is -2.36. The van der Waals surface area contributed by atoms with E-state index in [1.807, 2.05) is 0 Å². The molecule has 2 aromatic heterocycles. The van der Waals surface area contributed by atoms with Crippen molar-refractivity contribution in [3.63, 3.8) is 0 Å². The molecule has 2 aliphatic rings. The number of hydrogen-bond acceptors (Lipinski definition) is 0. The molecule has 2 nitrogen and oxygen atoms in total. The van der Waals surface area contributed by atoms with Crippen LogP contribution in [-0.4, -0.2) is 0 Å². The van der Waals surface area contributed by atoms with Crippen LogP contribution in [0.15, 0.2) is 115 Å². The minimum absolute atomic E-state index is 0.172. The predicted octanol–water partition coefficient (Wildman–Crippen LogP) is 7.83. The van der Waals surface area contributed by atoms with Crippen molar-refractivity contribution in [3.8, 4) is 33.6 Å². The number of hydrogen-bond donors (Lipinski definition) is 0. The van der Waals surface area contributed by atoms with E-state index in [4.69, 9.17) is 0 Å². The molecule has 0 atom stereocenters. The fourth-order valence-electron chi connectivity index (χ4n) is 6.96. The molecule has 0 bridgehead atoms. The molecule has 0 aliphatic carbocycles. The SMILES string of the molecule is CCC1(CC)C(=C2c3ccccc3-c3ccc(-c4ccccc4)c[n+]32)c2ccccc2-c2cccc(C)[n+]21. The van der Waals surface area contributed by atoms with E-state index in [2.05, 4.69) is 145 Å². The van der Waals surface area contributed by atoms with E-state index in [1.54, 1.807) is 0 Å². The summed E-state index contributed by atoms with van der Waals surface area (Å²) in [6.45, 7) is 6.97. The molecule has 0 spiro atoms. The largest absolute Gasteiger partial charge is 0.230 e. The molecule has 2 heteroatoms. The highest BCUT2D eigenvalue weighted by atomic mass is 15.1. The lowest BCUT2D eigenvalue weighted by molar-refractivity contribution is -0.747. The Labute approximate surface area is 225 Å². The van der Waals surface area contributed by atoms with Crippen molar-refractivity contribution < 1.29 is 9.13 Å². The van der Waals surface area contributed by atoms with Crippen molar-refractivity contribution >= 4 is 11.3 Å². The molecule has 0 amide bonds. The fourth-order valence-corrected chi connectivity index (χ4v) is 6.96. The van der Waals surface area contributed by atoms with E-state index in [0.717, 1.165) is 12.8 Å². The third kappa shape index (κ3) is 3.07. The molecule has 0 saturated carbocycles. The maximum absolute atomic E-state index is 2.62. The Kier molecular flexibility index (Phi) is 5.19. The van der Waals surface area contributed by atoms with Gasteiger partial charge in [-0.15, -0.1) is 0 Å². The zero-order valence-electron chi connectivity index (χ0n) is 22.3. The van der Waals surface area contributed by atoms with Gasteiger partial charge in [0.25, 0.3) is 0 Å². The molecule has 0 saturated heterocycles. The highest BCUT2D eigenvalue weighted by Crippen LogP contribution is 2.50. The van der Waals surface area contributed by atoms with Crippen LogP contribution in [0.25, 0.3) is 44.9 Å². The second kappa shape index (κ2) is 8.63. The first-order valence-corrected chi connectivity index (χ1v) is 13.8. The normalized spacial score (nSPS) is 16.4. The average Bonchev–Trinajstić information content (AvgIpc) is 3.30. The highest BCUT2D eigenvalue weighted by Gasteiger charge is 2.53. The summed E-state index contributed by atoms with van der Waals surface area (Å²) in [5, 5.41) is 0. The monoisotopic (exact) mass is 492 g/mol. The Bertz CT molecular complexity index is 1740. The van der Waals surface area contributed by atoms with E-state index in [-0.39, 0.29) is 5.54 Å². The molecule has 184 valence electrons. The molecular weight excluding hydrogens is 460 g/mol. The van der Waals surface area contributed by atoms with Gasteiger partial charge in [-0.3, -0.25) is 0 Å². The second-order valence-electron chi connectivity index (χ2n) is 10.5. The molecule has 4 heterocycles. The minimum Gasteiger partial charge on any atom is -0.186 e. The second-order valence-corrected chi connectivity index (χ2v) is 10.5. The van der Waals surface area contributed by atoms with E-state index >= 15 is 0 Å². The van der Waals surface area contributed by atoms with Crippen LogP contribution in [0.4, 0.5) is 0 Å². The Balaban J connectivity index is 1.65. The van der Waals surface area contributed by atoms with Crippen molar-refractivity contribution in [1.29, 1.82) is 0 Å². The lowest BCUT2D eigenvalue weighted by Crippen LogP contribution is -2.62. The molecule has 0 unspecified atom stereocenters. The minimum atomic E-state index is -0.172. The maximum Gasteiger partial charge on any atom is 0.230 e. The fraction of sp³-hybridized carbons (Fsp3) is 0.167. The third-order valence-electron chi connectivity index (χ3n) is 8.71. The molecule has 0 fully saturated rings. The van der Waals surface area contributed by atoms with Crippen LogP contribution >= 0.6 is 0 Å². The van der Waals surface area contributed by atoms with Gasteiger partial charge >= 0.3 is 0 Å². The van der Waals surface area contributed by atoms with Gasteiger partial charge in [0.05, 0.1) is 16.7 Å². The van der Waals surface area contributed by atoms with Crippen molar-refractivity contribution in [3.05, 3.63) is 132 Å². The number of allylic oxidation sites excluding steroid dienone is 1. The van der Waals surface area contributed by atoms with Crippen LogP contribution in [0.5, 0.6) is 0 Å². The van der Waals surface area contributed by atoms with Gasteiger partial charge in [0.1, 0.15) is 5.57 Å². The van der Waals surface area contributed by atoms with E-state index in [9.17, 15) is 0 Å². The third-order valence-corrected chi connectivity index (χ3v) is 8.71. The van der Waals surface area contributed by atoms with Crippen LogP contribution in [0.1, 0.15) is 43.5 Å². The van der Waals surface area contributed by atoms with Crippen molar-refractivity contribution in [1.82, 2.24) is 0 Å². The number of nitrogens with zero attached hydrogens (tertiary/aromatic N) is 2. The smallest absolute Gasteiger partial charge is 0.186 e. The summed E-state index contributed by atoms with van der Waals surface area (Å²) < 4.78 is 5.10. The van der Waals surface area contributed by atoms with Gasteiger partial charge in [-0.1, -0.05) is 74.5 Å². The van der Waals surface area contributed by atoms with Gasteiger partial charge in [-0.2, -0.15) is 9.13 Å². The molecular formula is C36H32N2+2. The Hall–Kier alpha value is -4.30. The summed E-state index contributed by atoms with van der Waals surface area (Å²) in [5.41, 5.74) is 14.1. The molecule has 0 radical (unpaired) electrons. The number of aromatic nitrogens is 2. The molecule has 7 rings (SSSR count). The Morgan fingerprint density at radius 1 is 0.553 bits per heavy atom. The van der Waals surface area contributed by atoms with Gasteiger partial charge in [-0.05, 0) is 35.9 Å². The lowest BCUT2D eigenvalue weighted by atomic mass is 9.73. The van der Waals surface area contributed by atoms with Crippen molar-refractivity contribution in [2.45, 2.75) is 39.2 Å². The van der Waals surface area contributed by atoms with Crippen molar-refractivity contribution in [2.75, 3.05) is 0 Å². The number of aryl methyl sites for hydroxylation is 1. The Morgan fingerprint density at radius 3 is 1.89 bits per heavy atom. The van der Waals surface area contributed by atoms with E-state index in [1.165, 1.54) is 61.7 Å². The molecule has 5 aromatic rings. The van der Waals surface area contributed by atoms with Crippen LogP contribution in [-0.2, 0) is 5.54 Å². The topological polar surface area (TPSA) is 7.76 Å². The summed E-state index contributed by atoms with van der Waals surface area (Å²) >= 11 is 0. The van der Waals surface area contributed by atoms with Gasteiger partial charge in [-0.25, -0.2) is 0 Å². The zero-order chi connectivity index (χ0) is 25.9. The van der Waals surface area contributed by atoms with Crippen LogP contribution in [0.2, 0.25) is 0 Å². The number of fused-ring (bicyclic) bond motifs is 6. The first-order valence-electron chi connectivity index (χ1n) is 13.8. The van der Waals surface area contributed by atoms with Crippen molar-refractivity contribution in [2.24, 2.45) is 0 Å². The summed E-state index contributed by atoms with van der Waals surface area (Å²) in [7, 11) is 0. The molecule has 38 heavy (non-hydrogen) atoms. The van der Waals surface area contributed by atoms with Crippen LogP contribution in [0.3, 0.4) is 0 Å². The summed E-state index contributed by atoms with van der Waals surface area (Å²) in [6, 6.07) is 40.0. The molecule has 2 aliphatic heterocycles. The van der Waals surface area contributed by atoms with Gasteiger partial charge in [0.15, 0.2) is 11.9 Å². The highest BCUT2D eigenvalue weighted by molar-refractivity contribution is 5.99. The standard InChI is InChI=1S/C36H32N2/c1-4-36(5-2)34(30-19-11-9-17-28(30)33-21-13-14-25(3)38(33)36)35-31-20-12-10-18-29(31)32-23-22-27(24-37(32)35)26-15-7-6-8-16-26/h6-24H,4-5H2,1-3H3/q+2. The number of rotatable bonds is 3. The Morgan fingerprint density at radius 2 is 1.18 bits per heavy atom. The summed E-state index contributed by atoms with van der Waals surface area (Å²) in [5.74, 6) is 0. The average molecular weight is 493 g/mol. The predicted molar refractivity (Wildman–Crippen MR) is 155 cm³/mol. The van der Waals surface area contributed by atoms with Gasteiger partial charge in [0.2, 0.25) is 22.6 Å². The zero-order valence-corrected chi connectivity index (χ0v) is 22.3. The maximum atomic E-state index is 2.62. The summed E-state index contributed by atoms with van der Waals surface area (Å²) in [6.07, 6.45) is 4.37. The number of pyridine rings is 2. The van der Waals surface area contributed by atoms with Crippen LogP contribution in [0, 0.1) is 6.92 Å². The first-order chi connectivity index (χ1) is 18.7. The number of benzene rings is 3. The summed E-state index contributed by atoms with van der Waals surface area (Å²) in [4.78, 5) is 0. The van der Waals surface area contributed by atoms with Crippen LogP contribution < -0.4 is 9.13 Å². The molecule has 0 N–H and O–H groups in total. The van der Waals surface area contributed by atoms with E-state index in [0.29, 0.717) is 0 Å². The van der Waals surface area contributed by atoms with Gasteiger partial charge in [0, 0.05) is 49.1 Å². The van der Waals surface area contributed by atoms with E-state index < -0.39 is 0 Å². The van der Waals surface area contributed by atoms with Gasteiger partial charge < -0.3 is 0 Å². The quantitative estimate of drug-likeness (QED) is 0.222.